The largest absolute Gasteiger partial charge is 0.545 e. The maximum atomic E-state index is 11.7. The fraction of sp³-hybridized carbons (Fsp3) is 0.200. The minimum absolute atomic E-state index is 0.167. The van der Waals surface area contributed by atoms with E-state index in [0.29, 0.717) is 0 Å². The molecule has 0 N–H and O–H groups in total. The summed E-state index contributed by atoms with van der Waals surface area (Å²) in [5.74, 6) is -2.62. The number of hydrogen-bond acceptors (Lipinski definition) is 4. The number of aromatic carboxylic acids is 1. The summed E-state index contributed by atoms with van der Waals surface area (Å²) in [6, 6.07) is 4.17. The Morgan fingerprint density at radius 2 is 1.59 bits per heavy atom. The number of esters is 1. The Morgan fingerprint density at radius 3 is 2.00 bits per heavy atom. The molecule has 1 rings (SSSR count). The van der Waals surface area contributed by atoms with Crippen LogP contribution in [0.2, 0.25) is 0 Å². The van der Waals surface area contributed by atoms with E-state index in [9.17, 15) is 27.9 Å². The standard InChI is InChI=1S/C10H7F3O4/c11-10(12,13)5-17-9(16)7-3-1-6(2-4-7)8(14)15/h1-4H,5H2,(H,14,15)/p-1. The Bertz CT molecular complexity index is 422. The van der Waals surface area contributed by atoms with Crippen molar-refractivity contribution in [2.75, 3.05) is 6.61 Å². The second kappa shape index (κ2) is 4.86. The number of carbonyl (C=O) groups is 2. The molecule has 0 saturated carbocycles. The number of hydrogen-bond donors (Lipinski definition) is 0. The minimum atomic E-state index is -4.60. The fourth-order valence-electron chi connectivity index (χ4n) is 0.973. The average Bonchev–Trinajstić information content (AvgIpc) is 2.25. The number of ether oxygens (including phenoxy) is 1. The maximum Gasteiger partial charge on any atom is 0.422 e. The summed E-state index contributed by atoms with van der Waals surface area (Å²) in [4.78, 5) is 21.5. The summed E-state index contributed by atoms with van der Waals surface area (Å²) in [5, 5.41) is 10.4. The van der Waals surface area contributed by atoms with Crippen molar-refractivity contribution in [3.05, 3.63) is 35.4 Å². The summed E-state index contributed by atoms with van der Waals surface area (Å²) in [6.07, 6.45) is -4.60. The second-order valence-electron chi connectivity index (χ2n) is 3.06. The van der Waals surface area contributed by atoms with Gasteiger partial charge in [-0.15, -0.1) is 0 Å². The number of carboxylic acid groups (broad SMARTS) is 1. The molecule has 0 aliphatic rings. The quantitative estimate of drug-likeness (QED) is 0.740. The molecule has 1 aromatic carbocycles. The molecular formula is C10H6F3O4-. The highest BCUT2D eigenvalue weighted by atomic mass is 19.4. The summed E-state index contributed by atoms with van der Waals surface area (Å²) in [5.41, 5.74) is -0.350. The highest BCUT2D eigenvalue weighted by molar-refractivity contribution is 5.91. The predicted molar refractivity (Wildman–Crippen MR) is 47.1 cm³/mol. The SMILES string of the molecule is O=C([O-])c1ccc(C(=O)OCC(F)(F)F)cc1. The Hall–Kier alpha value is -2.05. The Labute approximate surface area is 93.6 Å². The number of rotatable bonds is 3. The van der Waals surface area contributed by atoms with Crippen LogP contribution in [0.25, 0.3) is 0 Å². The smallest absolute Gasteiger partial charge is 0.422 e. The lowest BCUT2D eigenvalue weighted by atomic mass is 10.1. The Balaban J connectivity index is 2.67. The molecule has 0 spiro atoms. The van der Waals surface area contributed by atoms with Crippen molar-refractivity contribution in [3.8, 4) is 0 Å². The molecule has 0 fully saturated rings. The van der Waals surface area contributed by atoms with Crippen molar-refractivity contribution in [2.24, 2.45) is 0 Å². The molecule has 4 nitrogen and oxygen atoms in total. The zero-order valence-electron chi connectivity index (χ0n) is 8.28. The van der Waals surface area contributed by atoms with Gasteiger partial charge in [-0.05, 0) is 17.7 Å². The van der Waals surface area contributed by atoms with Crippen molar-refractivity contribution in [1.82, 2.24) is 0 Å². The zero-order valence-corrected chi connectivity index (χ0v) is 8.28. The van der Waals surface area contributed by atoms with E-state index in [4.69, 9.17) is 0 Å². The highest BCUT2D eigenvalue weighted by Gasteiger charge is 2.29. The molecule has 1 aromatic rings. The lowest BCUT2D eigenvalue weighted by Gasteiger charge is -2.08. The second-order valence-corrected chi connectivity index (χ2v) is 3.06. The van der Waals surface area contributed by atoms with Crippen molar-refractivity contribution >= 4 is 11.9 Å². The van der Waals surface area contributed by atoms with Gasteiger partial charge in [0.1, 0.15) is 0 Å². The molecule has 0 saturated heterocycles. The van der Waals surface area contributed by atoms with Crippen LogP contribution in [-0.4, -0.2) is 24.7 Å². The summed E-state index contributed by atoms with van der Waals surface area (Å²) in [7, 11) is 0. The first-order chi connectivity index (χ1) is 7.79. The van der Waals surface area contributed by atoms with Gasteiger partial charge in [0.05, 0.1) is 11.5 Å². The van der Waals surface area contributed by atoms with Gasteiger partial charge in [0.15, 0.2) is 6.61 Å². The third-order valence-corrected chi connectivity index (χ3v) is 1.72. The lowest BCUT2D eigenvalue weighted by molar-refractivity contribution is -0.255. The number of carboxylic acids is 1. The lowest BCUT2D eigenvalue weighted by Crippen LogP contribution is -2.22. The van der Waals surface area contributed by atoms with Crippen LogP contribution < -0.4 is 5.11 Å². The van der Waals surface area contributed by atoms with E-state index >= 15 is 0 Å². The number of benzene rings is 1. The molecule has 0 bridgehead atoms. The maximum absolute atomic E-state index is 11.7. The highest BCUT2D eigenvalue weighted by Crippen LogP contribution is 2.15. The number of carbonyl (C=O) groups excluding carboxylic acids is 2. The van der Waals surface area contributed by atoms with Gasteiger partial charge >= 0.3 is 12.1 Å². The summed E-state index contributed by atoms with van der Waals surface area (Å²) < 4.78 is 39.2. The van der Waals surface area contributed by atoms with Crippen LogP contribution >= 0.6 is 0 Å². The van der Waals surface area contributed by atoms with Gasteiger partial charge in [0, 0.05) is 0 Å². The molecular weight excluding hydrogens is 241 g/mol. The van der Waals surface area contributed by atoms with E-state index in [1.54, 1.807) is 0 Å². The molecule has 0 radical (unpaired) electrons. The summed E-state index contributed by atoms with van der Waals surface area (Å²) in [6.45, 7) is -1.69. The molecule has 0 heterocycles. The van der Waals surface area contributed by atoms with Gasteiger partial charge in [-0.2, -0.15) is 13.2 Å². The molecule has 7 heteroatoms. The van der Waals surface area contributed by atoms with Crippen LogP contribution in [0.1, 0.15) is 20.7 Å². The van der Waals surface area contributed by atoms with E-state index in [-0.39, 0.29) is 11.1 Å². The van der Waals surface area contributed by atoms with E-state index in [0.717, 1.165) is 24.3 Å². The monoisotopic (exact) mass is 247 g/mol. The molecule has 92 valence electrons. The molecule has 0 aliphatic carbocycles. The summed E-state index contributed by atoms with van der Waals surface area (Å²) >= 11 is 0. The van der Waals surface area contributed by atoms with Crippen LogP contribution in [0.4, 0.5) is 13.2 Å². The van der Waals surface area contributed by atoms with Crippen molar-refractivity contribution in [2.45, 2.75) is 6.18 Å². The molecule has 0 aliphatic heterocycles. The van der Waals surface area contributed by atoms with Crippen LogP contribution in [0, 0.1) is 0 Å². The van der Waals surface area contributed by atoms with Crippen molar-refractivity contribution in [3.63, 3.8) is 0 Å². The average molecular weight is 247 g/mol. The van der Waals surface area contributed by atoms with E-state index in [1.807, 2.05) is 0 Å². The number of alkyl halides is 3. The molecule has 0 unspecified atom stereocenters. The van der Waals surface area contributed by atoms with E-state index < -0.39 is 24.7 Å². The van der Waals surface area contributed by atoms with Gasteiger partial charge < -0.3 is 14.6 Å². The van der Waals surface area contributed by atoms with Crippen molar-refractivity contribution in [1.29, 1.82) is 0 Å². The van der Waals surface area contributed by atoms with Gasteiger partial charge in [-0.25, -0.2) is 4.79 Å². The Morgan fingerprint density at radius 1 is 1.12 bits per heavy atom. The number of halogens is 3. The van der Waals surface area contributed by atoms with E-state index in [2.05, 4.69) is 4.74 Å². The fourth-order valence-corrected chi connectivity index (χ4v) is 0.973. The molecule has 0 atom stereocenters. The third-order valence-electron chi connectivity index (χ3n) is 1.72. The molecule has 0 amide bonds. The molecule has 0 aromatic heterocycles. The van der Waals surface area contributed by atoms with E-state index in [1.165, 1.54) is 0 Å². The van der Waals surface area contributed by atoms with Gasteiger partial charge in [-0.3, -0.25) is 0 Å². The third kappa shape index (κ3) is 4.13. The zero-order chi connectivity index (χ0) is 13.1. The van der Waals surface area contributed by atoms with Crippen LogP contribution in [-0.2, 0) is 4.74 Å². The van der Waals surface area contributed by atoms with Gasteiger partial charge in [0.2, 0.25) is 0 Å². The predicted octanol–water partition coefficient (Wildman–Crippen LogP) is 0.769. The molecule has 17 heavy (non-hydrogen) atoms. The normalized spacial score (nSPS) is 11.0. The van der Waals surface area contributed by atoms with Gasteiger partial charge in [0.25, 0.3) is 0 Å². The van der Waals surface area contributed by atoms with Crippen LogP contribution in [0.3, 0.4) is 0 Å². The minimum Gasteiger partial charge on any atom is -0.545 e. The first-order valence-electron chi connectivity index (χ1n) is 4.35. The van der Waals surface area contributed by atoms with Crippen LogP contribution in [0.15, 0.2) is 24.3 Å². The Kier molecular flexibility index (Phi) is 3.72. The topological polar surface area (TPSA) is 66.4 Å². The first kappa shape index (κ1) is 13.0. The van der Waals surface area contributed by atoms with Crippen molar-refractivity contribution < 1.29 is 32.6 Å². The first-order valence-corrected chi connectivity index (χ1v) is 4.35. The van der Waals surface area contributed by atoms with Gasteiger partial charge in [-0.1, -0.05) is 12.1 Å². The van der Waals surface area contributed by atoms with Crippen LogP contribution in [0.5, 0.6) is 0 Å².